The molecule has 128 valence electrons. The first-order valence-corrected chi connectivity index (χ1v) is 7.97. The van der Waals surface area contributed by atoms with E-state index < -0.39 is 4.92 Å². The molecule has 0 fully saturated rings. The van der Waals surface area contributed by atoms with Gasteiger partial charge in [-0.25, -0.2) is 0 Å². The Kier molecular flexibility index (Phi) is 3.82. The lowest BCUT2D eigenvalue weighted by Gasteiger charge is -1.98. The number of fused-ring (bicyclic) bond motifs is 1. The van der Waals surface area contributed by atoms with Crippen LogP contribution in [0.5, 0.6) is 5.75 Å². The van der Waals surface area contributed by atoms with E-state index in [2.05, 4.69) is 0 Å². The van der Waals surface area contributed by atoms with E-state index in [9.17, 15) is 14.9 Å². The van der Waals surface area contributed by atoms with Crippen molar-refractivity contribution in [1.29, 1.82) is 0 Å². The van der Waals surface area contributed by atoms with Crippen molar-refractivity contribution in [3.05, 3.63) is 86.8 Å². The highest BCUT2D eigenvalue weighted by atomic mass is 35.5. The van der Waals surface area contributed by atoms with E-state index in [0.717, 1.165) is 0 Å². The number of ether oxygens (including phenoxy) is 1. The van der Waals surface area contributed by atoms with E-state index >= 15 is 0 Å². The summed E-state index contributed by atoms with van der Waals surface area (Å²) in [5.41, 5.74) is 0.937. The largest absolute Gasteiger partial charge is 0.457 e. The van der Waals surface area contributed by atoms with Gasteiger partial charge in [0.15, 0.2) is 5.76 Å². The number of rotatable bonds is 3. The number of furan rings is 1. The summed E-state index contributed by atoms with van der Waals surface area (Å²) < 4.78 is 11.2. The Morgan fingerprint density at radius 1 is 1.08 bits per heavy atom. The van der Waals surface area contributed by atoms with Gasteiger partial charge in [-0.2, -0.15) is 0 Å². The second kappa shape index (κ2) is 6.16. The minimum atomic E-state index is -0.470. The summed E-state index contributed by atoms with van der Waals surface area (Å²) in [6.07, 6.45) is 1.48. The van der Waals surface area contributed by atoms with E-state index in [1.807, 2.05) is 0 Å². The SMILES string of the molecule is O=C1/C(=C/c2ccc(-c3cccc([N+](=O)[O-])c3)o2)Oc2ccc(Cl)cc21. The van der Waals surface area contributed by atoms with Crippen molar-refractivity contribution < 1.29 is 18.9 Å². The van der Waals surface area contributed by atoms with Crippen LogP contribution >= 0.6 is 11.6 Å². The highest BCUT2D eigenvalue weighted by molar-refractivity contribution is 6.31. The molecule has 7 heteroatoms. The molecule has 26 heavy (non-hydrogen) atoms. The van der Waals surface area contributed by atoms with Crippen LogP contribution in [0.4, 0.5) is 5.69 Å². The maximum Gasteiger partial charge on any atom is 0.270 e. The summed E-state index contributed by atoms with van der Waals surface area (Å²) in [6, 6.07) is 14.3. The lowest BCUT2D eigenvalue weighted by molar-refractivity contribution is -0.384. The van der Waals surface area contributed by atoms with Crippen molar-refractivity contribution in [1.82, 2.24) is 0 Å². The molecule has 1 aliphatic rings. The van der Waals surface area contributed by atoms with Gasteiger partial charge in [0.05, 0.1) is 10.5 Å². The summed E-state index contributed by atoms with van der Waals surface area (Å²) in [6.45, 7) is 0. The molecular formula is C19H10ClNO5. The third kappa shape index (κ3) is 2.87. The molecule has 0 amide bonds. The van der Waals surface area contributed by atoms with Gasteiger partial charge in [-0.3, -0.25) is 14.9 Å². The monoisotopic (exact) mass is 367 g/mol. The Bertz CT molecular complexity index is 1080. The van der Waals surface area contributed by atoms with Crippen molar-refractivity contribution >= 4 is 29.1 Å². The fourth-order valence-electron chi connectivity index (χ4n) is 2.65. The van der Waals surface area contributed by atoms with Crippen LogP contribution in [0.3, 0.4) is 0 Å². The smallest absolute Gasteiger partial charge is 0.270 e. The number of benzene rings is 2. The quantitative estimate of drug-likeness (QED) is 0.364. The molecule has 1 aromatic heterocycles. The molecule has 0 radical (unpaired) electrons. The third-order valence-electron chi connectivity index (χ3n) is 3.87. The van der Waals surface area contributed by atoms with Crippen LogP contribution in [-0.2, 0) is 0 Å². The highest BCUT2D eigenvalue weighted by Crippen LogP contribution is 2.34. The third-order valence-corrected chi connectivity index (χ3v) is 4.11. The van der Waals surface area contributed by atoms with Gasteiger partial charge < -0.3 is 9.15 Å². The number of ketones is 1. The number of carbonyl (C=O) groups excluding carboxylic acids is 1. The molecule has 0 atom stereocenters. The van der Waals surface area contributed by atoms with Crippen molar-refractivity contribution in [2.24, 2.45) is 0 Å². The molecule has 0 saturated carbocycles. The Morgan fingerprint density at radius 3 is 2.73 bits per heavy atom. The number of hydrogen-bond acceptors (Lipinski definition) is 5. The van der Waals surface area contributed by atoms with Gasteiger partial charge >= 0.3 is 0 Å². The van der Waals surface area contributed by atoms with Crippen molar-refractivity contribution in [2.45, 2.75) is 0 Å². The molecule has 0 aliphatic carbocycles. The number of Topliss-reactive ketones (excluding diaryl/α,β-unsaturated/α-hetero) is 1. The molecule has 0 bridgehead atoms. The first-order chi connectivity index (χ1) is 12.5. The van der Waals surface area contributed by atoms with Crippen LogP contribution in [0.2, 0.25) is 5.02 Å². The summed E-state index contributed by atoms with van der Waals surface area (Å²) in [5, 5.41) is 11.3. The molecule has 0 spiro atoms. The van der Waals surface area contributed by atoms with Crippen LogP contribution in [0.1, 0.15) is 16.1 Å². The average molecular weight is 368 g/mol. The zero-order valence-electron chi connectivity index (χ0n) is 13.1. The molecule has 3 aromatic rings. The van der Waals surface area contributed by atoms with Crippen molar-refractivity contribution in [3.8, 4) is 17.1 Å². The fraction of sp³-hybridized carbons (Fsp3) is 0. The average Bonchev–Trinajstić information content (AvgIpc) is 3.21. The predicted octanol–water partition coefficient (Wildman–Crippen LogP) is 5.12. The molecule has 0 N–H and O–H groups in total. The Balaban J connectivity index is 1.64. The second-order valence-electron chi connectivity index (χ2n) is 5.59. The van der Waals surface area contributed by atoms with Crippen molar-refractivity contribution in [3.63, 3.8) is 0 Å². The van der Waals surface area contributed by atoms with Gasteiger partial charge in [-0.05, 0) is 30.3 Å². The molecule has 1 aliphatic heterocycles. The standard InChI is InChI=1S/C19H10ClNO5/c20-12-4-6-17-15(9-12)19(22)18(26-17)10-14-5-7-16(25-14)11-2-1-3-13(8-11)21(23)24/h1-10H/b18-10-. The van der Waals surface area contributed by atoms with Gasteiger partial charge in [0, 0.05) is 28.8 Å². The number of hydrogen-bond donors (Lipinski definition) is 0. The Morgan fingerprint density at radius 2 is 1.92 bits per heavy atom. The molecule has 4 rings (SSSR count). The molecule has 0 unspecified atom stereocenters. The lowest BCUT2D eigenvalue weighted by Crippen LogP contribution is -1.97. The van der Waals surface area contributed by atoms with Gasteiger partial charge in [-0.15, -0.1) is 0 Å². The number of nitrogens with zero attached hydrogens (tertiary/aromatic N) is 1. The van der Waals surface area contributed by atoms with Crippen LogP contribution in [0, 0.1) is 10.1 Å². The van der Waals surface area contributed by atoms with Crippen molar-refractivity contribution in [2.75, 3.05) is 0 Å². The molecule has 2 aromatic carbocycles. The summed E-state index contributed by atoms with van der Waals surface area (Å²) in [5.74, 6) is 1.13. The normalized spacial score (nSPS) is 14.3. The number of nitro groups is 1. The Hall–Kier alpha value is -3.38. The number of halogens is 1. The van der Waals surface area contributed by atoms with Gasteiger partial charge in [-0.1, -0.05) is 23.7 Å². The van der Waals surface area contributed by atoms with Crippen LogP contribution in [-0.4, -0.2) is 10.7 Å². The number of nitro benzene ring substituents is 1. The van der Waals surface area contributed by atoms with E-state index in [4.69, 9.17) is 20.8 Å². The number of carbonyl (C=O) groups is 1. The zero-order chi connectivity index (χ0) is 18.3. The van der Waals surface area contributed by atoms with Crippen LogP contribution < -0.4 is 4.74 Å². The lowest BCUT2D eigenvalue weighted by atomic mass is 10.1. The van der Waals surface area contributed by atoms with E-state index in [-0.39, 0.29) is 17.2 Å². The van der Waals surface area contributed by atoms with E-state index in [0.29, 0.717) is 33.4 Å². The topological polar surface area (TPSA) is 82.6 Å². The molecule has 6 nitrogen and oxygen atoms in total. The first kappa shape index (κ1) is 16.1. The van der Waals surface area contributed by atoms with Gasteiger partial charge in [0.2, 0.25) is 5.78 Å². The number of non-ortho nitro benzene ring substituents is 1. The van der Waals surface area contributed by atoms with Gasteiger partial charge in [0.25, 0.3) is 5.69 Å². The molecule has 2 heterocycles. The first-order valence-electron chi connectivity index (χ1n) is 7.60. The second-order valence-corrected chi connectivity index (χ2v) is 6.03. The predicted molar refractivity (Wildman–Crippen MR) is 95.2 cm³/mol. The van der Waals surface area contributed by atoms with Crippen LogP contribution in [0.15, 0.2) is 64.8 Å². The summed E-state index contributed by atoms with van der Waals surface area (Å²) in [7, 11) is 0. The van der Waals surface area contributed by atoms with E-state index in [1.165, 1.54) is 18.2 Å². The number of allylic oxidation sites excluding steroid dienone is 1. The Labute approximate surface area is 152 Å². The summed E-state index contributed by atoms with van der Waals surface area (Å²) >= 11 is 5.91. The maximum absolute atomic E-state index is 12.4. The molecular weight excluding hydrogens is 358 g/mol. The fourth-order valence-corrected chi connectivity index (χ4v) is 2.82. The maximum atomic E-state index is 12.4. The molecule has 0 saturated heterocycles. The minimum Gasteiger partial charge on any atom is -0.457 e. The van der Waals surface area contributed by atoms with Gasteiger partial charge in [0.1, 0.15) is 17.3 Å². The summed E-state index contributed by atoms with van der Waals surface area (Å²) in [4.78, 5) is 22.8. The van der Waals surface area contributed by atoms with Crippen LogP contribution in [0.25, 0.3) is 17.4 Å². The zero-order valence-corrected chi connectivity index (χ0v) is 13.9. The van der Waals surface area contributed by atoms with E-state index in [1.54, 1.807) is 42.5 Å². The highest BCUT2D eigenvalue weighted by Gasteiger charge is 2.27. The minimum absolute atomic E-state index is 0.0274.